The van der Waals surface area contributed by atoms with E-state index in [-0.39, 0.29) is 0 Å². The van der Waals surface area contributed by atoms with Crippen molar-refractivity contribution in [2.24, 2.45) is 0 Å². The smallest absolute Gasteiger partial charge is 0.158 e. The zero-order valence-electron chi connectivity index (χ0n) is 6.52. The van der Waals surface area contributed by atoms with Crippen LogP contribution >= 0.6 is 0 Å². The molecule has 0 fully saturated rings. The van der Waals surface area contributed by atoms with E-state index in [9.17, 15) is 4.79 Å². The van der Waals surface area contributed by atoms with Gasteiger partial charge in [-0.15, -0.1) is 0 Å². The largest absolute Gasteiger partial charge is 0.295 e. The molecule has 0 spiro atoms. The van der Waals surface area contributed by atoms with Crippen molar-refractivity contribution in [3.05, 3.63) is 11.6 Å². The summed E-state index contributed by atoms with van der Waals surface area (Å²) in [4.78, 5) is 11.0. The summed E-state index contributed by atoms with van der Waals surface area (Å²) >= 11 is 0. The lowest BCUT2D eigenvalue weighted by molar-refractivity contribution is -0.115. The molecule has 1 aliphatic carbocycles. The van der Waals surface area contributed by atoms with E-state index in [1.54, 1.807) is 0 Å². The Labute approximate surface area is 62.1 Å². The van der Waals surface area contributed by atoms with Crippen LogP contribution in [0.5, 0.6) is 0 Å². The van der Waals surface area contributed by atoms with Crippen molar-refractivity contribution in [1.82, 2.24) is 0 Å². The number of hydrogen-bond donors (Lipinski definition) is 0. The first-order valence-corrected chi connectivity index (χ1v) is 4.07. The van der Waals surface area contributed by atoms with Crippen molar-refractivity contribution < 1.29 is 4.79 Å². The summed E-state index contributed by atoms with van der Waals surface area (Å²) in [5.74, 6) is 0.383. The van der Waals surface area contributed by atoms with Crippen molar-refractivity contribution in [3.63, 3.8) is 0 Å². The maximum atomic E-state index is 11.0. The second-order valence-electron chi connectivity index (χ2n) is 2.79. The second-order valence-corrected chi connectivity index (χ2v) is 2.79. The number of carbonyl (C=O) groups excluding carboxylic acids is 1. The van der Waals surface area contributed by atoms with Crippen LogP contribution in [0.25, 0.3) is 0 Å². The molecule has 0 aromatic heterocycles. The summed E-state index contributed by atoms with van der Waals surface area (Å²) in [6.45, 7) is 2.15. The van der Waals surface area contributed by atoms with Crippen LogP contribution in [0.2, 0.25) is 0 Å². The van der Waals surface area contributed by atoms with Crippen molar-refractivity contribution in [2.75, 3.05) is 0 Å². The molecule has 0 amide bonds. The predicted molar refractivity (Wildman–Crippen MR) is 41.8 cm³/mol. The molecule has 10 heavy (non-hydrogen) atoms. The van der Waals surface area contributed by atoms with Crippen LogP contribution in [0.4, 0.5) is 0 Å². The minimum absolute atomic E-state index is 0.383. The van der Waals surface area contributed by atoms with Gasteiger partial charge in [0.2, 0.25) is 0 Å². The molecule has 0 heterocycles. The van der Waals surface area contributed by atoms with Crippen LogP contribution < -0.4 is 0 Å². The molecule has 1 rings (SSSR count). The van der Waals surface area contributed by atoms with Gasteiger partial charge in [-0.1, -0.05) is 19.4 Å². The van der Waals surface area contributed by atoms with Crippen molar-refractivity contribution in [1.29, 1.82) is 0 Å². The topological polar surface area (TPSA) is 17.1 Å². The highest BCUT2D eigenvalue weighted by molar-refractivity contribution is 5.97. The molecule has 1 heteroatoms. The van der Waals surface area contributed by atoms with Gasteiger partial charge in [0.1, 0.15) is 0 Å². The van der Waals surface area contributed by atoms with Crippen LogP contribution in [0.15, 0.2) is 11.6 Å². The third kappa shape index (κ3) is 1.69. The molecular weight excluding hydrogens is 124 g/mol. The Morgan fingerprint density at radius 1 is 1.60 bits per heavy atom. The molecule has 0 atom stereocenters. The Morgan fingerprint density at radius 2 is 2.40 bits per heavy atom. The van der Waals surface area contributed by atoms with Crippen LogP contribution in [0.1, 0.15) is 39.0 Å². The standard InChI is InChI=1S/C9H14O/c1-2-3-5-8-6-4-7-9(8)10/h6H,2-5,7H2,1H3. The number of unbranched alkanes of at least 4 members (excludes halogenated alkanes) is 1. The highest BCUT2D eigenvalue weighted by atomic mass is 16.1. The second kappa shape index (κ2) is 3.55. The third-order valence-electron chi connectivity index (χ3n) is 1.92. The minimum Gasteiger partial charge on any atom is -0.295 e. The molecule has 0 aromatic rings. The lowest BCUT2D eigenvalue weighted by Crippen LogP contribution is -1.94. The van der Waals surface area contributed by atoms with Gasteiger partial charge >= 0.3 is 0 Å². The minimum atomic E-state index is 0.383. The quantitative estimate of drug-likeness (QED) is 0.585. The molecular formula is C9H14O. The zero-order valence-corrected chi connectivity index (χ0v) is 6.52. The first kappa shape index (κ1) is 7.52. The Bertz CT molecular complexity index is 156. The number of allylic oxidation sites excluding steroid dienone is 2. The lowest BCUT2D eigenvalue weighted by atomic mass is 10.1. The fourth-order valence-corrected chi connectivity index (χ4v) is 1.26. The summed E-state index contributed by atoms with van der Waals surface area (Å²) in [5.41, 5.74) is 1.09. The van der Waals surface area contributed by atoms with Gasteiger partial charge < -0.3 is 0 Å². The van der Waals surface area contributed by atoms with Crippen LogP contribution in [0, 0.1) is 0 Å². The fourth-order valence-electron chi connectivity index (χ4n) is 1.26. The molecule has 0 saturated heterocycles. The average molecular weight is 138 g/mol. The van der Waals surface area contributed by atoms with E-state index in [2.05, 4.69) is 13.0 Å². The van der Waals surface area contributed by atoms with Crippen molar-refractivity contribution in [3.8, 4) is 0 Å². The zero-order chi connectivity index (χ0) is 7.40. The average Bonchev–Trinajstić information content (AvgIpc) is 2.31. The van der Waals surface area contributed by atoms with Crippen LogP contribution in [0.3, 0.4) is 0 Å². The highest BCUT2D eigenvalue weighted by Crippen LogP contribution is 2.18. The van der Waals surface area contributed by atoms with Gasteiger partial charge in [-0.3, -0.25) is 4.79 Å². The number of ketones is 1. The van der Waals surface area contributed by atoms with Gasteiger partial charge in [-0.25, -0.2) is 0 Å². The van der Waals surface area contributed by atoms with E-state index in [1.165, 1.54) is 6.42 Å². The molecule has 1 aliphatic rings. The van der Waals surface area contributed by atoms with E-state index >= 15 is 0 Å². The maximum absolute atomic E-state index is 11.0. The fraction of sp³-hybridized carbons (Fsp3) is 0.667. The van der Waals surface area contributed by atoms with Gasteiger partial charge in [0.25, 0.3) is 0 Å². The van der Waals surface area contributed by atoms with E-state index < -0.39 is 0 Å². The Hall–Kier alpha value is -0.590. The first-order valence-electron chi connectivity index (χ1n) is 4.07. The van der Waals surface area contributed by atoms with Gasteiger partial charge in [-0.2, -0.15) is 0 Å². The van der Waals surface area contributed by atoms with E-state index in [0.29, 0.717) is 5.78 Å². The SMILES string of the molecule is CCCCC1=CCCC1=O. The number of carbonyl (C=O) groups is 1. The Kier molecular flexibility index (Phi) is 2.67. The lowest BCUT2D eigenvalue weighted by Gasteiger charge is -1.96. The van der Waals surface area contributed by atoms with Crippen molar-refractivity contribution in [2.45, 2.75) is 39.0 Å². The van der Waals surface area contributed by atoms with E-state index in [4.69, 9.17) is 0 Å². The third-order valence-corrected chi connectivity index (χ3v) is 1.92. The van der Waals surface area contributed by atoms with Gasteiger partial charge in [0, 0.05) is 6.42 Å². The highest BCUT2D eigenvalue weighted by Gasteiger charge is 2.13. The molecule has 0 aliphatic heterocycles. The summed E-state index contributed by atoms with van der Waals surface area (Å²) in [7, 11) is 0. The first-order chi connectivity index (χ1) is 4.84. The van der Waals surface area contributed by atoms with E-state index in [0.717, 1.165) is 31.3 Å². The summed E-state index contributed by atoms with van der Waals surface area (Å²) in [6.07, 6.45) is 7.20. The monoisotopic (exact) mass is 138 g/mol. The Morgan fingerprint density at radius 3 is 2.90 bits per heavy atom. The molecule has 0 saturated carbocycles. The summed E-state index contributed by atoms with van der Waals surface area (Å²) in [6, 6.07) is 0. The summed E-state index contributed by atoms with van der Waals surface area (Å²) < 4.78 is 0. The number of rotatable bonds is 3. The molecule has 0 unspecified atom stereocenters. The van der Waals surface area contributed by atoms with Crippen LogP contribution in [-0.2, 0) is 4.79 Å². The number of hydrogen-bond acceptors (Lipinski definition) is 1. The molecule has 0 bridgehead atoms. The normalized spacial score (nSPS) is 17.7. The van der Waals surface area contributed by atoms with Gasteiger partial charge in [0.15, 0.2) is 5.78 Å². The molecule has 0 N–H and O–H groups in total. The number of Topliss-reactive ketones (excluding diaryl/α,β-unsaturated/α-hetero) is 1. The van der Waals surface area contributed by atoms with Gasteiger partial charge in [-0.05, 0) is 24.8 Å². The van der Waals surface area contributed by atoms with E-state index in [1.807, 2.05) is 0 Å². The molecule has 0 aromatic carbocycles. The summed E-state index contributed by atoms with van der Waals surface area (Å²) in [5, 5.41) is 0. The molecule has 1 nitrogen and oxygen atoms in total. The maximum Gasteiger partial charge on any atom is 0.158 e. The van der Waals surface area contributed by atoms with Gasteiger partial charge in [0.05, 0.1) is 0 Å². The predicted octanol–water partition coefficient (Wildman–Crippen LogP) is 2.47. The Balaban J connectivity index is 2.33. The van der Waals surface area contributed by atoms with Crippen molar-refractivity contribution >= 4 is 5.78 Å². The van der Waals surface area contributed by atoms with Crippen LogP contribution in [-0.4, -0.2) is 5.78 Å². The molecule has 56 valence electrons. The molecule has 0 radical (unpaired) electrons.